The highest BCUT2D eigenvalue weighted by Crippen LogP contribution is 2.34. The molecule has 2 heterocycles. The molecule has 3 aliphatic rings. The van der Waals surface area contributed by atoms with Crippen molar-refractivity contribution in [3.05, 3.63) is 41.7 Å². The first kappa shape index (κ1) is 42.8. The molecule has 1 aliphatic heterocycles. The number of sulfonamides is 1. The van der Waals surface area contributed by atoms with Crippen LogP contribution in [0.5, 0.6) is 0 Å². The standard InChI is InChI=1S/C40H61N9O6S/c1-6-26(2)34(44-36-29-17-11-12-18-32(29)56(54,55)47-36)38(53)42-24-30(35(41)51)43-33(50)23-40(19-13-8-14-20-40)45-37(52)31(22-39(3,4)5)49-25-28(46-48-49)21-27-15-9-7-10-16-27/h11-12,17-18,25-27,30-31,34H,6-10,13-16,19-24H2,1-5H3,(H2,41,51)(H,42,53)(H,43,50)(H,44,47)(H,45,52)/t26?,30-,31+,34?/m1/s1. The van der Waals surface area contributed by atoms with Crippen LogP contribution in [-0.4, -0.2) is 77.0 Å². The van der Waals surface area contributed by atoms with Gasteiger partial charge in [-0.25, -0.2) is 13.1 Å². The quantitative estimate of drug-likeness (QED) is 0.168. The summed E-state index contributed by atoms with van der Waals surface area (Å²) in [6.07, 6.45) is 13.6. The normalized spacial score (nSPS) is 20.8. The van der Waals surface area contributed by atoms with Crippen molar-refractivity contribution in [3.63, 3.8) is 0 Å². The third-order valence-electron chi connectivity index (χ3n) is 11.4. The summed E-state index contributed by atoms with van der Waals surface area (Å²) >= 11 is 0. The van der Waals surface area contributed by atoms with Gasteiger partial charge in [-0.2, -0.15) is 0 Å². The Morgan fingerprint density at radius 3 is 2.38 bits per heavy atom. The Labute approximate surface area is 331 Å². The fourth-order valence-electron chi connectivity index (χ4n) is 8.17. The van der Waals surface area contributed by atoms with E-state index in [-0.39, 0.29) is 40.9 Å². The highest BCUT2D eigenvalue weighted by atomic mass is 32.2. The predicted molar refractivity (Wildman–Crippen MR) is 213 cm³/mol. The van der Waals surface area contributed by atoms with E-state index in [1.807, 2.05) is 20.0 Å². The van der Waals surface area contributed by atoms with E-state index >= 15 is 0 Å². The summed E-state index contributed by atoms with van der Waals surface area (Å²) < 4.78 is 29.5. The average Bonchev–Trinajstić information content (AvgIpc) is 3.71. The van der Waals surface area contributed by atoms with Gasteiger partial charge < -0.3 is 21.7 Å². The highest BCUT2D eigenvalue weighted by Gasteiger charge is 2.40. The Kier molecular flexibility index (Phi) is 14.0. The van der Waals surface area contributed by atoms with Crippen LogP contribution in [0, 0.1) is 17.3 Å². The molecule has 4 amide bonds. The number of aliphatic imine (C=N–C) groups is 1. The van der Waals surface area contributed by atoms with Gasteiger partial charge >= 0.3 is 0 Å². The first-order valence-corrected chi connectivity index (χ1v) is 21.8. The van der Waals surface area contributed by atoms with E-state index in [0.29, 0.717) is 37.2 Å². The lowest BCUT2D eigenvalue weighted by atomic mass is 9.78. The Morgan fingerprint density at radius 1 is 1.04 bits per heavy atom. The number of carbonyl (C=O) groups excluding carboxylic acids is 4. The van der Waals surface area contributed by atoms with Crippen molar-refractivity contribution in [2.45, 2.75) is 153 Å². The third-order valence-corrected chi connectivity index (χ3v) is 12.8. The minimum Gasteiger partial charge on any atom is -0.368 e. The van der Waals surface area contributed by atoms with Crippen LogP contribution >= 0.6 is 0 Å². The molecule has 0 spiro atoms. The SMILES string of the molecule is CCC(C)C(N=C1NS(=O)(=O)c2ccccc21)C(=O)NC[C@@H](NC(=O)CC1(NC(=O)[C@H](CC(C)(C)C)n2cc(CC3CCCCC3)nn2)CCCCC1)C(N)=O. The Balaban J connectivity index is 1.26. The Hall–Kier alpha value is -4.34. The van der Waals surface area contributed by atoms with Crippen LogP contribution < -0.4 is 26.4 Å². The van der Waals surface area contributed by atoms with Crippen molar-refractivity contribution in [2.75, 3.05) is 6.54 Å². The van der Waals surface area contributed by atoms with E-state index in [2.05, 4.69) is 56.7 Å². The molecule has 0 bridgehead atoms. The number of amides is 4. The molecule has 1 aromatic carbocycles. The van der Waals surface area contributed by atoms with Gasteiger partial charge in [0.1, 0.15) is 24.0 Å². The number of aromatic nitrogens is 3. The highest BCUT2D eigenvalue weighted by molar-refractivity contribution is 7.90. The summed E-state index contributed by atoms with van der Waals surface area (Å²) in [5.74, 6) is -1.75. The van der Waals surface area contributed by atoms with E-state index in [1.165, 1.54) is 38.2 Å². The number of fused-ring (bicyclic) bond motifs is 1. The summed E-state index contributed by atoms with van der Waals surface area (Å²) in [7, 11) is -3.82. The van der Waals surface area contributed by atoms with Gasteiger partial charge in [-0.1, -0.05) is 110 Å². The van der Waals surface area contributed by atoms with Crippen LogP contribution in [0.1, 0.15) is 135 Å². The molecule has 0 radical (unpaired) electrons. The summed E-state index contributed by atoms with van der Waals surface area (Å²) in [6, 6.07) is 3.51. The second-order valence-corrected chi connectivity index (χ2v) is 19.0. The Morgan fingerprint density at radius 2 is 1.71 bits per heavy atom. The van der Waals surface area contributed by atoms with E-state index in [1.54, 1.807) is 22.9 Å². The largest absolute Gasteiger partial charge is 0.368 e. The van der Waals surface area contributed by atoms with E-state index in [0.717, 1.165) is 31.4 Å². The number of benzene rings is 1. The maximum atomic E-state index is 14.3. The van der Waals surface area contributed by atoms with Gasteiger partial charge in [0.15, 0.2) is 0 Å². The van der Waals surface area contributed by atoms with Crippen molar-refractivity contribution in [1.82, 2.24) is 35.7 Å². The molecular formula is C40H61N9O6S. The van der Waals surface area contributed by atoms with Crippen molar-refractivity contribution < 1.29 is 27.6 Å². The lowest BCUT2D eigenvalue weighted by Crippen LogP contribution is -2.57. The zero-order valence-electron chi connectivity index (χ0n) is 33.6. The van der Waals surface area contributed by atoms with E-state index in [4.69, 9.17) is 5.73 Å². The van der Waals surface area contributed by atoms with Gasteiger partial charge in [0.05, 0.1) is 10.6 Å². The first-order chi connectivity index (χ1) is 26.5. The maximum absolute atomic E-state index is 14.3. The van der Waals surface area contributed by atoms with Gasteiger partial charge in [0.25, 0.3) is 10.0 Å². The molecule has 15 nitrogen and oxygen atoms in total. The monoisotopic (exact) mass is 795 g/mol. The molecular weight excluding hydrogens is 735 g/mol. The van der Waals surface area contributed by atoms with Crippen LogP contribution in [0.3, 0.4) is 0 Å². The summed E-state index contributed by atoms with van der Waals surface area (Å²) in [5, 5.41) is 17.6. The summed E-state index contributed by atoms with van der Waals surface area (Å²) in [5.41, 5.74) is 5.92. The Bertz CT molecular complexity index is 1860. The smallest absolute Gasteiger partial charge is 0.263 e. The number of primary amides is 1. The summed E-state index contributed by atoms with van der Waals surface area (Å²) in [4.78, 5) is 58.8. The first-order valence-electron chi connectivity index (χ1n) is 20.3. The minimum absolute atomic E-state index is 0.0640. The second kappa shape index (κ2) is 18.3. The molecule has 308 valence electrons. The molecule has 56 heavy (non-hydrogen) atoms. The molecule has 6 N–H and O–H groups in total. The van der Waals surface area contributed by atoms with Crippen LogP contribution in [0.25, 0.3) is 0 Å². The zero-order valence-corrected chi connectivity index (χ0v) is 34.4. The molecule has 0 saturated heterocycles. The predicted octanol–water partition coefficient (Wildman–Crippen LogP) is 3.83. The van der Waals surface area contributed by atoms with Crippen molar-refractivity contribution in [1.29, 1.82) is 0 Å². The van der Waals surface area contributed by atoms with Gasteiger partial charge in [-0.05, 0) is 55.1 Å². The molecule has 16 heteroatoms. The number of nitrogens with two attached hydrogens (primary N) is 1. The lowest BCUT2D eigenvalue weighted by molar-refractivity contribution is -0.132. The fraction of sp³-hybridized carbons (Fsp3) is 0.675. The third kappa shape index (κ3) is 11.2. The van der Waals surface area contributed by atoms with Gasteiger partial charge in [-0.15, -0.1) is 5.10 Å². The number of nitrogens with one attached hydrogen (secondary N) is 4. The number of nitrogens with zero attached hydrogens (tertiary/aromatic N) is 4. The molecule has 2 aliphatic carbocycles. The number of hydrogen-bond donors (Lipinski definition) is 5. The van der Waals surface area contributed by atoms with Crippen LogP contribution in [0.15, 0.2) is 40.4 Å². The number of rotatable bonds is 16. The number of hydrogen-bond acceptors (Lipinski definition) is 9. The molecule has 4 atom stereocenters. The topological polar surface area (TPSA) is 220 Å². The van der Waals surface area contributed by atoms with Crippen molar-refractivity contribution in [2.24, 2.45) is 28.0 Å². The molecule has 2 saturated carbocycles. The van der Waals surface area contributed by atoms with Crippen LogP contribution in [0.4, 0.5) is 0 Å². The summed E-state index contributed by atoms with van der Waals surface area (Å²) in [6.45, 7) is 9.63. The van der Waals surface area contributed by atoms with Crippen molar-refractivity contribution in [3.8, 4) is 0 Å². The van der Waals surface area contributed by atoms with E-state index in [9.17, 15) is 27.6 Å². The average molecular weight is 796 g/mol. The van der Waals surface area contributed by atoms with Crippen molar-refractivity contribution >= 4 is 39.5 Å². The van der Waals surface area contributed by atoms with E-state index < -0.39 is 51.4 Å². The fourth-order valence-corrected chi connectivity index (χ4v) is 9.41. The van der Waals surface area contributed by atoms with Gasteiger partial charge in [-0.3, -0.25) is 28.9 Å². The van der Waals surface area contributed by atoms with Gasteiger partial charge in [0.2, 0.25) is 23.6 Å². The van der Waals surface area contributed by atoms with Gasteiger partial charge in [0, 0.05) is 30.3 Å². The maximum Gasteiger partial charge on any atom is 0.263 e. The molecule has 5 rings (SSSR count). The molecule has 2 fully saturated rings. The zero-order chi connectivity index (χ0) is 40.7. The van der Waals surface area contributed by atoms with Crippen LogP contribution in [0.2, 0.25) is 0 Å². The second-order valence-electron chi connectivity index (χ2n) is 17.4. The number of carbonyl (C=O) groups is 4. The molecule has 2 aromatic rings. The van der Waals surface area contributed by atoms with Crippen LogP contribution in [-0.2, 0) is 35.6 Å². The minimum atomic E-state index is -3.82. The lowest BCUT2D eigenvalue weighted by Gasteiger charge is -2.39. The molecule has 1 aromatic heterocycles. The molecule has 2 unspecified atom stereocenters. The number of amidine groups is 1.